The molecular formula is C25H35N3O3. The smallest absolute Gasteiger partial charge is 0.339 e. The molecule has 4 unspecified atom stereocenters. The zero-order valence-corrected chi connectivity index (χ0v) is 19.0. The summed E-state index contributed by atoms with van der Waals surface area (Å²) in [6, 6.07) is 8.69. The van der Waals surface area contributed by atoms with Crippen molar-refractivity contribution in [2.24, 2.45) is 11.3 Å². The normalized spacial score (nSPS) is 34.5. The standard InChI is InChI=1S/C25H35N3O3/c1-17(2)28-14-19(13-24(15-28)8-10-26-23(24)30)12-18(3)27-11-9-25(16-27)21-7-5-4-6-20(21)22(29)31-25/h4-7,17-19H,8-16H2,1-3H3,(H,26,30). The molecule has 5 rings (SSSR count). The number of hydrogen-bond donors (Lipinski definition) is 1. The highest BCUT2D eigenvalue weighted by Crippen LogP contribution is 2.45. The van der Waals surface area contributed by atoms with E-state index in [2.05, 4.69) is 42.0 Å². The summed E-state index contributed by atoms with van der Waals surface area (Å²) in [6.07, 6.45) is 3.88. The Morgan fingerprint density at radius 3 is 2.68 bits per heavy atom. The van der Waals surface area contributed by atoms with E-state index in [0.29, 0.717) is 18.0 Å². The van der Waals surface area contributed by atoms with Gasteiger partial charge in [-0.2, -0.15) is 0 Å². The van der Waals surface area contributed by atoms with Gasteiger partial charge in [0.15, 0.2) is 5.60 Å². The molecule has 4 aliphatic heterocycles. The molecule has 3 fully saturated rings. The summed E-state index contributed by atoms with van der Waals surface area (Å²) < 4.78 is 5.95. The average molecular weight is 426 g/mol. The first-order valence-corrected chi connectivity index (χ1v) is 11.9. The van der Waals surface area contributed by atoms with Crippen molar-refractivity contribution in [1.82, 2.24) is 15.1 Å². The zero-order chi connectivity index (χ0) is 21.8. The number of nitrogens with zero attached hydrogens (tertiary/aromatic N) is 2. The van der Waals surface area contributed by atoms with Crippen LogP contribution in [0.4, 0.5) is 0 Å². The number of ether oxygens (including phenoxy) is 1. The minimum atomic E-state index is -0.481. The Labute approximate surface area is 185 Å². The third-order valence-corrected chi connectivity index (χ3v) is 8.26. The van der Waals surface area contributed by atoms with Crippen molar-refractivity contribution in [3.8, 4) is 0 Å². The van der Waals surface area contributed by atoms with Crippen molar-refractivity contribution < 1.29 is 14.3 Å². The highest BCUT2D eigenvalue weighted by atomic mass is 16.6. The molecule has 4 heterocycles. The Morgan fingerprint density at radius 2 is 1.94 bits per heavy atom. The van der Waals surface area contributed by atoms with E-state index in [4.69, 9.17) is 4.74 Å². The minimum absolute atomic E-state index is 0.181. The van der Waals surface area contributed by atoms with Crippen molar-refractivity contribution in [2.45, 2.75) is 64.1 Å². The van der Waals surface area contributed by atoms with Gasteiger partial charge in [-0.25, -0.2) is 4.79 Å². The number of hydrogen-bond acceptors (Lipinski definition) is 5. The molecule has 168 valence electrons. The molecule has 0 saturated carbocycles. The molecule has 4 aliphatic rings. The number of benzene rings is 1. The number of fused-ring (bicyclic) bond motifs is 2. The maximum absolute atomic E-state index is 12.7. The van der Waals surface area contributed by atoms with Crippen molar-refractivity contribution in [3.05, 3.63) is 35.4 Å². The molecule has 6 nitrogen and oxygen atoms in total. The first-order chi connectivity index (χ1) is 14.8. The van der Waals surface area contributed by atoms with Gasteiger partial charge in [0.1, 0.15) is 0 Å². The van der Waals surface area contributed by atoms with Crippen LogP contribution in [0.2, 0.25) is 0 Å². The van der Waals surface area contributed by atoms with E-state index < -0.39 is 5.60 Å². The summed E-state index contributed by atoms with van der Waals surface area (Å²) in [4.78, 5) is 30.1. The predicted octanol–water partition coefficient (Wildman–Crippen LogP) is 2.77. The van der Waals surface area contributed by atoms with Crippen molar-refractivity contribution in [2.75, 3.05) is 32.7 Å². The molecule has 0 radical (unpaired) electrons. The molecule has 1 N–H and O–H groups in total. The molecule has 1 aromatic rings. The Kier molecular flexibility index (Phi) is 5.13. The first-order valence-electron chi connectivity index (χ1n) is 11.9. The lowest BCUT2D eigenvalue weighted by atomic mass is 9.72. The fourth-order valence-electron chi connectivity index (χ4n) is 6.55. The topological polar surface area (TPSA) is 61.9 Å². The maximum Gasteiger partial charge on any atom is 0.339 e. The van der Waals surface area contributed by atoms with E-state index in [-0.39, 0.29) is 17.3 Å². The van der Waals surface area contributed by atoms with E-state index in [0.717, 1.165) is 69.5 Å². The summed E-state index contributed by atoms with van der Waals surface area (Å²) in [6.45, 7) is 11.3. The van der Waals surface area contributed by atoms with Crippen molar-refractivity contribution in [1.29, 1.82) is 0 Å². The first kappa shape index (κ1) is 21.0. The summed E-state index contributed by atoms with van der Waals surface area (Å²) in [5, 5.41) is 3.09. The van der Waals surface area contributed by atoms with E-state index in [1.807, 2.05) is 18.2 Å². The van der Waals surface area contributed by atoms with Gasteiger partial charge in [0, 0.05) is 56.8 Å². The van der Waals surface area contributed by atoms with Crippen LogP contribution in [0.1, 0.15) is 62.4 Å². The maximum atomic E-state index is 12.7. The van der Waals surface area contributed by atoms with E-state index in [9.17, 15) is 9.59 Å². The largest absolute Gasteiger partial charge is 0.449 e. The quantitative estimate of drug-likeness (QED) is 0.752. The van der Waals surface area contributed by atoms with Crippen LogP contribution in [0.25, 0.3) is 0 Å². The molecular weight excluding hydrogens is 390 g/mol. The number of carbonyl (C=O) groups is 2. The van der Waals surface area contributed by atoms with Crippen LogP contribution in [0, 0.1) is 11.3 Å². The lowest BCUT2D eigenvalue weighted by Gasteiger charge is -2.45. The lowest BCUT2D eigenvalue weighted by Crippen LogP contribution is -2.53. The number of nitrogens with one attached hydrogen (secondary N) is 1. The van der Waals surface area contributed by atoms with E-state index in [1.54, 1.807) is 0 Å². The monoisotopic (exact) mass is 425 g/mol. The third-order valence-electron chi connectivity index (χ3n) is 8.26. The number of likely N-dealkylation sites (tertiary alicyclic amines) is 2. The molecule has 1 amide bonds. The summed E-state index contributed by atoms with van der Waals surface area (Å²) in [5.41, 5.74) is 1.09. The van der Waals surface area contributed by atoms with Crippen LogP contribution < -0.4 is 5.32 Å². The van der Waals surface area contributed by atoms with Gasteiger partial charge < -0.3 is 10.1 Å². The third kappa shape index (κ3) is 3.48. The van der Waals surface area contributed by atoms with E-state index >= 15 is 0 Å². The van der Waals surface area contributed by atoms with Crippen LogP contribution in [-0.2, 0) is 15.1 Å². The SMILES string of the molecule is CC(C)N1CC(CC(C)N2CCC3(C2)OC(=O)c2ccccc23)CC2(CCNC2=O)C1. The number of esters is 1. The highest BCUT2D eigenvalue weighted by Gasteiger charge is 2.52. The molecule has 31 heavy (non-hydrogen) atoms. The Balaban J connectivity index is 1.29. The van der Waals surface area contributed by atoms with Crippen molar-refractivity contribution >= 4 is 11.9 Å². The summed E-state index contributed by atoms with van der Waals surface area (Å²) >= 11 is 0. The van der Waals surface area contributed by atoms with E-state index in [1.165, 1.54) is 0 Å². The summed E-state index contributed by atoms with van der Waals surface area (Å²) in [7, 11) is 0. The number of carbonyl (C=O) groups excluding carboxylic acids is 2. The molecule has 0 aromatic heterocycles. The Morgan fingerprint density at radius 1 is 1.13 bits per heavy atom. The fraction of sp³-hybridized carbons (Fsp3) is 0.680. The molecule has 0 bridgehead atoms. The molecule has 3 saturated heterocycles. The van der Waals surface area contributed by atoms with Gasteiger partial charge in [0.25, 0.3) is 0 Å². The number of piperidine rings is 1. The zero-order valence-electron chi connectivity index (χ0n) is 19.0. The van der Waals surface area contributed by atoms with Crippen LogP contribution >= 0.6 is 0 Å². The van der Waals surface area contributed by atoms with Crippen LogP contribution in [-0.4, -0.2) is 66.5 Å². The fourth-order valence-corrected chi connectivity index (χ4v) is 6.55. The van der Waals surface area contributed by atoms with Gasteiger partial charge in [0.05, 0.1) is 11.0 Å². The Hall–Kier alpha value is -1.92. The molecule has 6 heteroatoms. The summed E-state index contributed by atoms with van der Waals surface area (Å²) in [5.74, 6) is 0.578. The second-order valence-electron chi connectivity index (χ2n) is 10.6. The number of rotatable bonds is 4. The second kappa shape index (κ2) is 7.59. The predicted molar refractivity (Wildman–Crippen MR) is 119 cm³/mol. The molecule has 0 aliphatic carbocycles. The highest BCUT2D eigenvalue weighted by molar-refractivity contribution is 5.94. The van der Waals surface area contributed by atoms with Gasteiger partial charge >= 0.3 is 5.97 Å². The second-order valence-corrected chi connectivity index (χ2v) is 10.6. The van der Waals surface area contributed by atoms with Gasteiger partial charge in [0.2, 0.25) is 5.91 Å². The van der Waals surface area contributed by atoms with Gasteiger partial charge in [-0.1, -0.05) is 18.2 Å². The number of amides is 1. The molecule has 2 spiro atoms. The Bertz CT molecular complexity index is 887. The van der Waals surface area contributed by atoms with Gasteiger partial charge in [-0.3, -0.25) is 14.6 Å². The lowest BCUT2D eigenvalue weighted by molar-refractivity contribution is -0.132. The van der Waals surface area contributed by atoms with Crippen molar-refractivity contribution in [3.63, 3.8) is 0 Å². The minimum Gasteiger partial charge on any atom is -0.449 e. The van der Waals surface area contributed by atoms with Gasteiger partial charge in [-0.05, 0) is 52.0 Å². The van der Waals surface area contributed by atoms with Crippen LogP contribution in [0.15, 0.2) is 24.3 Å². The molecule has 1 aromatic carbocycles. The van der Waals surface area contributed by atoms with Crippen LogP contribution in [0.5, 0.6) is 0 Å². The molecule has 4 atom stereocenters. The van der Waals surface area contributed by atoms with Crippen LogP contribution in [0.3, 0.4) is 0 Å². The average Bonchev–Trinajstić information content (AvgIpc) is 3.40. The van der Waals surface area contributed by atoms with Gasteiger partial charge in [-0.15, -0.1) is 0 Å².